The molecular weight excluding hydrogens is 368 g/mol. The monoisotopic (exact) mass is 398 g/mol. The van der Waals surface area contributed by atoms with Gasteiger partial charge in [-0.1, -0.05) is 42.8 Å². The molecule has 0 spiro atoms. The molecule has 0 aliphatic rings. The van der Waals surface area contributed by atoms with E-state index in [9.17, 15) is 9.59 Å². The lowest BCUT2D eigenvalue weighted by Gasteiger charge is -2.21. The average molecular weight is 399 g/mol. The highest BCUT2D eigenvalue weighted by atomic mass is 16.6. The van der Waals surface area contributed by atoms with E-state index in [1.165, 1.54) is 0 Å². The van der Waals surface area contributed by atoms with Gasteiger partial charge in [0.25, 0.3) is 0 Å². The summed E-state index contributed by atoms with van der Waals surface area (Å²) in [5.74, 6) is -0.139. The van der Waals surface area contributed by atoms with Crippen molar-refractivity contribution >= 4 is 23.4 Å². The van der Waals surface area contributed by atoms with Crippen LogP contribution in [0.15, 0.2) is 48.5 Å². The molecule has 6 nitrogen and oxygen atoms in total. The summed E-state index contributed by atoms with van der Waals surface area (Å²) < 4.78 is 5.32. The fourth-order valence-corrected chi connectivity index (χ4v) is 2.77. The molecule has 2 aromatic carbocycles. The summed E-state index contributed by atoms with van der Waals surface area (Å²) in [6, 6.07) is 15.3. The van der Waals surface area contributed by atoms with Crippen molar-refractivity contribution in [3.63, 3.8) is 0 Å². The van der Waals surface area contributed by atoms with E-state index in [1.54, 1.807) is 26.8 Å². The van der Waals surface area contributed by atoms with Crippen molar-refractivity contribution in [2.75, 3.05) is 17.2 Å². The first-order chi connectivity index (χ1) is 13.8. The number of hydrogen-bond donors (Lipinski definition) is 3. The first kappa shape index (κ1) is 22.4. The maximum atomic E-state index is 12.4. The summed E-state index contributed by atoms with van der Waals surface area (Å²) >= 11 is 0. The van der Waals surface area contributed by atoms with E-state index >= 15 is 0 Å². The topological polar surface area (TPSA) is 87.7 Å². The summed E-state index contributed by atoms with van der Waals surface area (Å²) in [4.78, 5) is 24.6. The van der Waals surface area contributed by atoms with E-state index in [1.807, 2.05) is 42.5 Å². The molecule has 0 bridgehead atoms. The number of rotatable bonds is 8. The molecule has 0 fully saturated rings. The predicted octanol–water partition coefficient (Wildman–Crippen LogP) is 5.19. The van der Waals surface area contributed by atoms with E-state index in [0.717, 1.165) is 17.5 Å². The first-order valence-electron chi connectivity index (χ1n) is 9.88. The molecule has 0 aromatic heterocycles. The van der Waals surface area contributed by atoms with Crippen LogP contribution in [0.2, 0.25) is 0 Å². The van der Waals surface area contributed by atoms with Gasteiger partial charge in [0.2, 0.25) is 5.91 Å². The molecule has 0 aliphatic heterocycles. The van der Waals surface area contributed by atoms with Crippen LogP contribution in [0.3, 0.4) is 0 Å². The minimum Gasteiger partial charge on any atom is -0.444 e. The smallest absolute Gasteiger partial charge is 0.412 e. The van der Waals surface area contributed by atoms with E-state index in [2.05, 4.69) is 10.6 Å². The first-order valence-corrected chi connectivity index (χ1v) is 9.88. The van der Waals surface area contributed by atoms with Crippen LogP contribution in [-0.4, -0.2) is 29.3 Å². The maximum Gasteiger partial charge on any atom is 0.412 e. The molecule has 0 heterocycles. The Kier molecular flexibility index (Phi) is 8.21. The Morgan fingerprint density at radius 1 is 0.897 bits per heavy atom. The van der Waals surface area contributed by atoms with Gasteiger partial charge in [0.15, 0.2) is 0 Å². The molecule has 0 saturated heterocycles. The lowest BCUT2D eigenvalue weighted by atomic mass is 10.0. The zero-order valence-corrected chi connectivity index (χ0v) is 17.3. The van der Waals surface area contributed by atoms with Gasteiger partial charge >= 0.3 is 6.09 Å². The molecule has 29 heavy (non-hydrogen) atoms. The molecule has 0 saturated carbocycles. The highest BCUT2D eigenvalue weighted by molar-refractivity contribution is 5.99. The number of carbonyl (C=O) groups is 2. The molecule has 3 N–H and O–H groups in total. The molecule has 6 heteroatoms. The van der Waals surface area contributed by atoms with Gasteiger partial charge in [-0.05, 0) is 56.9 Å². The Labute approximate surface area is 172 Å². The highest BCUT2D eigenvalue weighted by Gasteiger charge is 2.18. The van der Waals surface area contributed by atoms with Crippen LogP contribution < -0.4 is 10.6 Å². The number of amides is 2. The number of unbranched alkanes of at least 4 members (excludes halogenated alkanes) is 2. The molecule has 0 unspecified atom stereocenters. The number of hydrogen-bond acceptors (Lipinski definition) is 4. The van der Waals surface area contributed by atoms with Crippen molar-refractivity contribution in [1.82, 2.24) is 0 Å². The second kappa shape index (κ2) is 10.6. The van der Waals surface area contributed by atoms with Crippen LogP contribution in [0.5, 0.6) is 0 Å². The molecule has 2 rings (SSSR count). The number of aliphatic hydroxyl groups is 1. The fourth-order valence-electron chi connectivity index (χ4n) is 2.77. The quantitative estimate of drug-likeness (QED) is 0.534. The average Bonchev–Trinajstić information content (AvgIpc) is 2.66. The van der Waals surface area contributed by atoms with Crippen molar-refractivity contribution in [2.45, 2.75) is 52.1 Å². The third kappa shape index (κ3) is 7.95. The van der Waals surface area contributed by atoms with E-state index in [0.29, 0.717) is 30.6 Å². The SMILES string of the molecule is CC(C)(C)OC(=O)Nc1ccc(-c2ccccc2)cc1NC(=O)CCCCCO. The fraction of sp³-hybridized carbons (Fsp3) is 0.391. The Morgan fingerprint density at radius 3 is 2.28 bits per heavy atom. The minimum absolute atomic E-state index is 0.130. The predicted molar refractivity (Wildman–Crippen MR) is 116 cm³/mol. The van der Waals surface area contributed by atoms with Crippen LogP contribution in [0.25, 0.3) is 11.1 Å². The van der Waals surface area contributed by atoms with Crippen LogP contribution in [0.4, 0.5) is 16.2 Å². The number of carbonyl (C=O) groups excluding carboxylic acids is 2. The number of nitrogens with one attached hydrogen (secondary N) is 2. The van der Waals surface area contributed by atoms with Crippen molar-refractivity contribution in [3.8, 4) is 11.1 Å². The van der Waals surface area contributed by atoms with Gasteiger partial charge in [0.1, 0.15) is 5.60 Å². The molecule has 156 valence electrons. The van der Waals surface area contributed by atoms with Gasteiger partial charge in [0, 0.05) is 13.0 Å². The standard InChI is InChI=1S/C23H30N2O4/c1-23(2,3)29-22(28)25-19-14-13-18(17-10-6-4-7-11-17)16-20(19)24-21(27)12-8-5-9-15-26/h4,6-7,10-11,13-14,16,26H,5,8-9,12,15H2,1-3H3,(H,24,27)(H,25,28). The molecule has 0 atom stereocenters. The summed E-state index contributed by atoms with van der Waals surface area (Å²) in [6.07, 6.45) is 1.93. The van der Waals surface area contributed by atoms with Crippen molar-refractivity contribution in [1.29, 1.82) is 0 Å². The van der Waals surface area contributed by atoms with Crippen molar-refractivity contribution < 1.29 is 19.4 Å². The summed E-state index contributed by atoms with van der Waals surface area (Å²) in [6.45, 7) is 5.51. The Balaban J connectivity index is 2.20. The third-order valence-corrected chi connectivity index (χ3v) is 4.10. The zero-order chi connectivity index (χ0) is 21.3. The van der Waals surface area contributed by atoms with Gasteiger partial charge in [-0.25, -0.2) is 4.79 Å². The Hall–Kier alpha value is -2.86. The van der Waals surface area contributed by atoms with Gasteiger partial charge in [-0.15, -0.1) is 0 Å². The minimum atomic E-state index is -0.621. The molecule has 0 aliphatic carbocycles. The molecule has 2 amide bonds. The van der Waals surface area contributed by atoms with Crippen molar-refractivity contribution in [3.05, 3.63) is 48.5 Å². The van der Waals surface area contributed by atoms with Crippen LogP contribution in [0, 0.1) is 0 Å². The Morgan fingerprint density at radius 2 is 1.62 bits per heavy atom. The normalized spacial score (nSPS) is 11.0. The molecule has 0 radical (unpaired) electrons. The van der Waals surface area contributed by atoms with Crippen LogP contribution in [0.1, 0.15) is 46.5 Å². The van der Waals surface area contributed by atoms with E-state index < -0.39 is 11.7 Å². The van der Waals surface area contributed by atoms with Crippen molar-refractivity contribution in [2.24, 2.45) is 0 Å². The lowest BCUT2D eigenvalue weighted by molar-refractivity contribution is -0.116. The second-order valence-electron chi connectivity index (χ2n) is 7.84. The Bertz CT molecular complexity index is 813. The second-order valence-corrected chi connectivity index (χ2v) is 7.84. The van der Waals surface area contributed by atoms with E-state index in [-0.39, 0.29) is 12.5 Å². The number of anilines is 2. The van der Waals surface area contributed by atoms with Gasteiger partial charge in [-0.3, -0.25) is 10.1 Å². The summed E-state index contributed by atoms with van der Waals surface area (Å²) in [5, 5.41) is 14.5. The zero-order valence-electron chi connectivity index (χ0n) is 17.3. The number of ether oxygens (including phenoxy) is 1. The number of aliphatic hydroxyl groups excluding tert-OH is 1. The van der Waals surface area contributed by atoms with Gasteiger partial charge < -0.3 is 15.2 Å². The largest absolute Gasteiger partial charge is 0.444 e. The van der Waals surface area contributed by atoms with E-state index in [4.69, 9.17) is 9.84 Å². The lowest BCUT2D eigenvalue weighted by Crippen LogP contribution is -2.27. The molecule has 2 aromatic rings. The van der Waals surface area contributed by atoms with Crippen LogP contribution >= 0.6 is 0 Å². The van der Waals surface area contributed by atoms with Gasteiger partial charge in [-0.2, -0.15) is 0 Å². The van der Waals surface area contributed by atoms with Crippen LogP contribution in [-0.2, 0) is 9.53 Å². The maximum absolute atomic E-state index is 12.4. The third-order valence-electron chi connectivity index (χ3n) is 4.10. The number of benzene rings is 2. The highest BCUT2D eigenvalue weighted by Crippen LogP contribution is 2.30. The molecular formula is C23H30N2O4. The summed E-state index contributed by atoms with van der Waals surface area (Å²) in [7, 11) is 0. The summed E-state index contributed by atoms with van der Waals surface area (Å²) in [5.41, 5.74) is 2.31. The van der Waals surface area contributed by atoms with Gasteiger partial charge in [0.05, 0.1) is 11.4 Å².